The fourth-order valence-corrected chi connectivity index (χ4v) is 3.94. The Morgan fingerprint density at radius 1 is 1.31 bits per heavy atom. The lowest BCUT2D eigenvalue weighted by atomic mass is 10.0. The molecule has 2 unspecified atom stereocenters. The molecule has 0 saturated carbocycles. The Hall–Kier alpha value is -2.18. The first-order chi connectivity index (χ1) is 12.7. The van der Waals surface area contributed by atoms with Gasteiger partial charge in [-0.15, -0.1) is 0 Å². The smallest absolute Gasteiger partial charge is 0.269 e. The van der Waals surface area contributed by atoms with Crippen molar-refractivity contribution in [2.75, 3.05) is 19.6 Å². The second kappa shape index (κ2) is 8.96. The summed E-state index contributed by atoms with van der Waals surface area (Å²) in [5, 5.41) is 11.3. The van der Waals surface area contributed by atoms with Crippen molar-refractivity contribution in [1.29, 1.82) is 0 Å². The van der Waals surface area contributed by atoms with E-state index in [0.717, 1.165) is 18.7 Å². The molecule has 1 N–H and O–H groups in total. The third-order valence-corrected chi connectivity index (χ3v) is 5.44. The fraction of sp³-hybridized carbons (Fsp3) is 0.400. The molecule has 6 heteroatoms. The third kappa shape index (κ3) is 4.31. The maximum atomic E-state index is 12.6. The molecule has 0 spiro atoms. The number of rotatable bonds is 8. The predicted molar refractivity (Wildman–Crippen MR) is 105 cm³/mol. The summed E-state index contributed by atoms with van der Waals surface area (Å²) >= 11 is 1.68. The van der Waals surface area contributed by atoms with E-state index in [2.05, 4.69) is 46.0 Å². The van der Waals surface area contributed by atoms with Crippen LogP contribution in [0.4, 0.5) is 0 Å². The summed E-state index contributed by atoms with van der Waals surface area (Å²) < 4.78 is 0. The Labute approximate surface area is 158 Å². The standard InChI is InChI=1S/C20H25N3O2S/c1-3-23(4-2)18(16-10-11-26-14-16)13-21-20(24)17-12-19(25-22-17)15-8-6-5-7-9-15/h5-11,14,18-19H,3-4,12-13H2,1-2H3,(H,21,24). The number of hydrogen-bond donors (Lipinski definition) is 1. The third-order valence-electron chi connectivity index (χ3n) is 4.74. The first-order valence-corrected chi connectivity index (χ1v) is 9.99. The van der Waals surface area contributed by atoms with Gasteiger partial charge in [0.1, 0.15) is 5.71 Å². The lowest BCUT2D eigenvalue weighted by Crippen LogP contribution is -2.40. The normalized spacial score (nSPS) is 17.7. The molecule has 0 radical (unpaired) electrons. The van der Waals surface area contributed by atoms with E-state index in [1.165, 1.54) is 5.56 Å². The van der Waals surface area contributed by atoms with Gasteiger partial charge in [-0.05, 0) is 41.0 Å². The number of nitrogens with one attached hydrogen (secondary N) is 1. The van der Waals surface area contributed by atoms with Crippen molar-refractivity contribution in [1.82, 2.24) is 10.2 Å². The topological polar surface area (TPSA) is 53.9 Å². The Balaban J connectivity index is 1.59. The van der Waals surface area contributed by atoms with Gasteiger partial charge in [0.2, 0.25) is 0 Å². The molecule has 1 amide bonds. The van der Waals surface area contributed by atoms with E-state index in [1.807, 2.05) is 30.3 Å². The number of likely N-dealkylation sites (N-methyl/N-ethyl adjacent to an activating group) is 1. The summed E-state index contributed by atoms with van der Waals surface area (Å²) in [7, 11) is 0. The molecule has 0 bridgehead atoms. The molecule has 5 nitrogen and oxygen atoms in total. The van der Waals surface area contributed by atoms with Gasteiger partial charge in [-0.25, -0.2) is 0 Å². The Bertz CT molecular complexity index is 727. The highest BCUT2D eigenvalue weighted by atomic mass is 32.1. The molecular weight excluding hydrogens is 346 g/mol. The Morgan fingerprint density at radius 3 is 2.73 bits per heavy atom. The summed E-state index contributed by atoms with van der Waals surface area (Å²) in [5.74, 6) is -0.143. The van der Waals surface area contributed by atoms with E-state index in [4.69, 9.17) is 4.84 Å². The number of carbonyl (C=O) groups excluding carboxylic acids is 1. The van der Waals surface area contributed by atoms with Crippen LogP contribution < -0.4 is 5.32 Å². The molecule has 0 saturated heterocycles. The van der Waals surface area contributed by atoms with Gasteiger partial charge in [-0.1, -0.05) is 49.3 Å². The SMILES string of the molecule is CCN(CC)C(CNC(=O)C1=NOC(c2ccccc2)C1)c1ccsc1. The van der Waals surface area contributed by atoms with Gasteiger partial charge in [-0.3, -0.25) is 9.69 Å². The zero-order valence-electron chi connectivity index (χ0n) is 15.2. The molecule has 0 fully saturated rings. The maximum absolute atomic E-state index is 12.6. The van der Waals surface area contributed by atoms with Crippen molar-refractivity contribution in [3.63, 3.8) is 0 Å². The molecule has 1 aliphatic rings. The van der Waals surface area contributed by atoms with E-state index in [1.54, 1.807) is 11.3 Å². The largest absolute Gasteiger partial charge is 0.387 e. The van der Waals surface area contributed by atoms with Gasteiger partial charge in [0.05, 0.1) is 6.04 Å². The highest BCUT2D eigenvalue weighted by Crippen LogP contribution is 2.27. The summed E-state index contributed by atoms with van der Waals surface area (Å²) in [6, 6.07) is 12.2. The highest BCUT2D eigenvalue weighted by molar-refractivity contribution is 7.08. The van der Waals surface area contributed by atoms with Gasteiger partial charge in [0.15, 0.2) is 6.10 Å². The van der Waals surface area contributed by atoms with Crippen LogP contribution in [0.15, 0.2) is 52.3 Å². The number of thiophene rings is 1. The van der Waals surface area contributed by atoms with E-state index in [-0.39, 0.29) is 18.1 Å². The molecule has 2 aromatic rings. The molecule has 1 aliphatic heterocycles. The predicted octanol–water partition coefficient (Wildman–Crippen LogP) is 3.76. The average Bonchev–Trinajstić information content (AvgIpc) is 3.37. The van der Waals surface area contributed by atoms with Gasteiger partial charge in [-0.2, -0.15) is 11.3 Å². The number of oxime groups is 1. The van der Waals surface area contributed by atoms with Crippen molar-refractivity contribution in [2.24, 2.45) is 5.16 Å². The molecular formula is C20H25N3O2S. The first-order valence-electron chi connectivity index (χ1n) is 9.04. The minimum absolute atomic E-state index is 0.143. The highest BCUT2D eigenvalue weighted by Gasteiger charge is 2.28. The zero-order valence-corrected chi connectivity index (χ0v) is 16.0. The van der Waals surface area contributed by atoms with Crippen molar-refractivity contribution >= 4 is 23.0 Å². The minimum Gasteiger partial charge on any atom is -0.387 e. The number of benzene rings is 1. The van der Waals surface area contributed by atoms with Crippen molar-refractivity contribution < 1.29 is 9.63 Å². The van der Waals surface area contributed by atoms with E-state index in [0.29, 0.717) is 18.7 Å². The fourth-order valence-electron chi connectivity index (χ4n) is 3.24. The first kappa shape index (κ1) is 18.6. The van der Waals surface area contributed by atoms with Crippen LogP contribution in [0.2, 0.25) is 0 Å². The summed E-state index contributed by atoms with van der Waals surface area (Å²) in [6.07, 6.45) is 0.330. The summed E-state index contributed by atoms with van der Waals surface area (Å²) in [4.78, 5) is 20.4. The zero-order chi connectivity index (χ0) is 18.4. The minimum atomic E-state index is -0.174. The Kier molecular flexibility index (Phi) is 6.41. The van der Waals surface area contributed by atoms with Crippen LogP contribution in [0, 0.1) is 0 Å². The van der Waals surface area contributed by atoms with E-state index >= 15 is 0 Å². The number of nitrogens with zero attached hydrogens (tertiary/aromatic N) is 2. The molecule has 2 heterocycles. The van der Waals surface area contributed by atoms with Gasteiger partial charge >= 0.3 is 0 Å². The average molecular weight is 372 g/mol. The van der Waals surface area contributed by atoms with E-state index < -0.39 is 0 Å². The van der Waals surface area contributed by atoms with Crippen molar-refractivity contribution in [3.8, 4) is 0 Å². The summed E-state index contributed by atoms with van der Waals surface area (Å²) in [5.41, 5.74) is 2.74. The molecule has 1 aromatic heterocycles. The van der Waals surface area contributed by atoms with Crippen LogP contribution in [-0.2, 0) is 9.63 Å². The van der Waals surface area contributed by atoms with E-state index in [9.17, 15) is 4.79 Å². The molecule has 26 heavy (non-hydrogen) atoms. The quantitative estimate of drug-likeness (QED) is 0.769. The van der Waals surface area contributed by atoms with Gasteiger partial charge in [0.25, 0.3) is 5.91 Å². The van der Waals surface area contributed by atoms with Crippen molar-refractivity contribution in [2.45, 2.75) is 32.4 Å². The Morgan fingerprint density at radius 2 is 2.08 bits per heavy atom. The molecule has 2 atom stereocenters. The second-order valence-electron chi connectivity index (χ2n) is 6.25. The number of amides is 1. The molecule has 3 rings (SSSR count). The molecule has 1 aromatic carbocycles. The number of carbonyl (C=O) groups is 1. The van der Waals surface area contributed by atoms with Crippen LogP contribution in [0.25, 0.3) is 0 Å². The maximum Gasteiger partial charge on any atom is 0.269 e. The van der Waals surface area contributed by atoms with Crippen LogP contribution in [0.5, 0.6) is 0 Å². The lowest BCUT2D eigenvalue weighted by molar-refractivity contribution is -0.115. The lowest BCUT2D eigenvalue weighted by Gasteiger charge is -2.29. The van der Waals surface area contributed by atoms with Crippen LogP contribution in [0.1, 0.15) is 43.5 Å². The molecule has 138 valence electrons. The van der Waals surface area contributed by atoms with Crippen LogP contribution in [0.3, 0.4) is 0 Å². The summed E-state index contributed by atoms with van der Waals surface area (Å²) in [6.45, 7) is 6.72. The van der Waals surface area contributed by atoms with Gasteiger partial charge < -0.3 is 10.2 Å². The second-order valence-corrected chi connectivity index (χ2v) is 7.03. The monoisotopic (exact) mass is 371 g/mol. The molecule has 0 aliphatic carbocycles. The van der Waals surface area contributed by atoms with Crippen LogP contribution >= 0.6 is 11.3 Å². The van der Waals surface area contributed by atoms with Gasteiger partial charge in [0, 0.05) is 13.0 Å². The van der Waals surface area contributed by atoms with Crippen molar-refractivity contribution in [3.05, 3.63) is 58.3 Å². The number of hydrogen-bond acceptors (Lipinski definition) is 5. The van der Waals surface area contributed by atoms with Crippen LogP contribution in [-0.4, -0.2) is 36.2 Å².